The molecular weight excluding hydrogens is 162 g/mol. The van der Waals surface area contributed by atoms with Crippen LogP contribution in [0.1, 0.15) is 34.1 Å². The topological polar surface area (TPSA) is 12.5 Å². The molecule has 0 N–H and O–H groups in total. The second-order valence-corrected chi connectivity index (χ2v) is 4.35. The second kappa shape index (κ2) is 4.66. The molecule has 1 unspecified atom stereocenters. The Kier molecular flexibility index (Phi) is 4.48. The van der Waals surface area contributed by atoms with Crippen molar-refractivity contribution in [1.29, 1.82) is 0 Å². The van der Waals surface area contributed by atoms with E-state index in [1.807, 2.05) is 0 Å². The van der Waals surface area contributed by atoms with Crippen molar-refractivity contribution in [1.82, 2.24) is 4.90 Å². The lowest BCUT2D eigenvalue weighted by Crippen LogP contribution is -2.40. The van der Waals surface area contributed by atoms with E-state index in [2.05, 4.69) is 46.2 Å². The summed E-state index contributed by atoms with van der Waals surface area (Å²) in [5.41, 5.74) is 1.17. The largest absolute Gasteiger partial charge is 0.375 e. The molecule has 2 heteroatoms. The van der Waals surface area contributed by atoms with E-state index in [1.165, 1.54) is 0 Å². The summed E-state index contributed by atoms with van der Waals surface area (Å²) in [7, 11) is 3.79. The fourth-order valence-corrected chi connectivity index (χ4v) is 1.19. The van der Waals surface area contributed by atoms with E-state index in [9.17, 15) is 0 Å². The third kappa shape index (κ3) is 3.39. The first-order valence-electron chi connectivity index (χ1n) is 4.80. The predicted octanol–water partition coefficient (Wildman–Crippen LogP) is 2.66. The standard InChI is InChI=1S/C11H23NO/c1-8-10(13-7)9(2)12(6)11(3,4)5/h10H,2,8H2,1,3-7H3. The molecule has 78 valence electrons. The fraction of sp³-hybridized carbons (Fsp3) is 0.818. The molecule has 0 saturated heterocycles. The number of ether oxygens (including phenoxy) is 1. The first-order chi connectivity index (χ1) is 5.84. The van der Waals surface area contributed by atoms with Gasteiger partial charge < -0.3 is 9.64 Å². The summed E-state index contributed by atoms with van der Waals surface area (Å²) in [6.07, 6.45) is 1.11. The molecule has 0 aromatic carbocycles. The Morgan fingerprint density at radius 2 is 1.92 bits per heavy atom. The SMILES string of the molecule is C=C(C(CC)OC)N(C)C(C)(C)C. The van der Waals surface area contributed by atoms with Crippen molar-refractivity contribution in [2.45, 2.75) is 45.8 Å². The Balaban J connectivity index is 4.41. The van der Waals surface area contributed by atoms with E-state index in [4.69, 9.17) is 4.74 Å². The van der Waals surface area contributed by atoms with E-state index < -0.39 is 0 Å². The third-order valence-electron chi connectivity index (χ3n) is 2.46. The highest BCUT2D eigenvalue weighted by atomic mass is 16.5. The van der Waals surface area contributed by atoms with Crippen molar-refractivity contribution < 1.29 is 4.74 Å². The molecular formula is C11H23NO. The smallest absolute Gasteiger partial charge is 0.0958 e. The average molecular weight is 185 g/mol. The maximum atomic E-state index is 5.34. The normalized spacial score (nSPS) is 14.0. The van der Waals surface area contributed by atoms with Gasteiger partial charge in [-0.1, -0.05) is 13.5 Å². The monoisotopic (exact) mass is 185 g/mol. The maximum Gasteiger partial charge on any atom is 0.0958 e. The molecule has 0 radical (unpaired) electrons. The minimum Gasteiger partial charge on any atom is -0.375 e. The van der Waals surface area contributed by atoms with Crippen LogP contribution >= 0.6 is 0 Å². The van der Waals surface area contributed by atoms with Crippen LogP contribution in [0.2, 0.25) is 0 Å². The van der Waals surface area contributed by atoms with Crippen LogP contribution in [0, 0.1) is 0 Å². The van der Waals surface area contributed by atoms with Crippen LogP contribution in [0.3, 0.4) is 0 Å². The number of rotatable bonds is 4. The van der Waals surface area contributed by atoms with E-state index in [0.29, 0.717) is 0 Å². The predicted molar refractivity (Wildman–Crippen MR) is 57.7 cm³/mol. The van der Waals surface area contributed by atoms with Gasteiger partial charge in [-0.25, -0.2) is 0 Å². The third-order valence-corrected chi connectivity index (χ3v) is 2.46. The molecule has 0 aliphatic carbocycles. The zero-order valence-electron chi connectivity index (χ0n) is 9.85. The van der Waals surface area contributed by atoms with Gasteiger partial charge in [-0.3, -0.25) is 0 Å². The van der Waals surface area contributed by atoms with Gasteiger partial charge in [0.15, 0.2) is 0 Å². The minimum atomic E-state index is 0.114. The van der Waals surface area contributed by atoms with Gasteiger partial charge in [0.2, 0.25) is 0 Å². The number of nitrogens with zero attached hydrogens (tertiary/aromatic N) is 1. The van der Waals surface area contributed by atoms with Gasteiger partial charge in [-0.05, 0) is 27.2 Å². The van der Waals surface area contributed by atoms with Gasteiger partial charge in [0.05, 0.1) is 6.10 Å². The Hall–Kier alpha value is -0.500. The molecule has 0 heterocycles. The summed E-state index contributed by atoms with van der Waals surface area (Å²) in [6, 6.07) is 0. The quantitative estimate of drug-likeness (QED) is 0.667. The lowest BCUT2D eigenvalue weighted by Gasteiger charge is -2.38. The summed E-state index contributed by atoms with van der Waals surface area (Å²) >= 11 is 0. The first-order valence-corrected chi connectivity index (χ1v) is 4.80. The van der Waals surface area contributed by atoms with Crippen molar-refractivity contribution in [3.8, 4) is 0 Å². The van der Waals surface area contributed by atoms with Crippen LogP contribution in [-0.2, 0) is 4.74 Å². The first kappa shape index (κ1) is 12.5. The van der Waals surface area contributed by atoms with Crippen LogP contribution in [0.5, 0.6) is 0 Å². The molecule has 0 amide bonds. The minimum absolute atomic E-state index is 0.114. The zero-order valence-corrected chi connectivity index (χ0v) is 9.85. The Bertz CT molecular complexity index is 165. The van der Waals surface area contributed by atoms with E-state index in [1.54, 1.807) is 7.11 Å². The van der Waals surface area contributed by atoms with E-state index >= 15 is 0 Å². The highest BCUT2D eigenvalue weighted by Gasteiger charge is 2.22. The molecule has 2 nitrogen and oxygen atoms in total. The van der Waals surface area contributed by atoms with Gasteiger partial charge in [0.1, 0.15) is 0 Å². The van der Waals surface area contributed by atoms with Crippen LogP contribution in [0.15, 0.2) is 12.3 Å². The number of hydrogen-bond donors (Lipinski definition) is 0. The second-order valence-electron chi connectivity index (χ2n) is 4.35. The molecule has 0 aliphatic rings. The van der Waals surface area contributed by atoms with E-state index in [-0.39, 0.29) is 11.6 Å². The highest BCUT2D eigenvalue weighted by Crippen LogP contribution is 2.20. The number of hydrogen-bond acceptors (Lipinski definition) is 2. The Morgan fingerprint density at radius 1 is 1.46 bits per heavy atom. The number of likely N-dealkylation sites (N-methyl/N-ethyl adjacent to an activating group) is 1. The van der Waals surface area contributed by atoms with Crippen molar-refractivity contribution in [2.75, 3.05) is 14.2 Å². The van der Waals surface area contributed by atoms with Gasteiger partial charge in [0.25, 0.3) is 0 Å². The molecule has 0 bridgehead atoms. The summed E-state index contributed by atoms with van der Waals surface area (Å²) < 4.78 is 5.34. The van der Waals surface area contributed by atoms with E-state index in [0.717, 1.165) is 12.1 Å². The fourth-order valence-electron chi connectivity index (χ4n) is 1.19. The van der Waals surface area contributed by atoms with Crippen LogP contribution in [0.25, 0.3) is 0 Å². The Labute approximate surface area is 82.6 Å². The van der Waals surface area contributed by atoms with Crippen molar-refractivity contribution in [3.05, 3.63) is 12.3 Å². The summed E-state index contributed by atoms with van der Waals surface area (Å²) in [4.78, 5) is 2.17. The Morgan fingerprint density at radius 3 is 2.15 bits per heavy atom. The zero-order chi connectivity index (χ0) is 10.6. The summed E-state index contributed by atoms with van der Waals surface area (Å²) in [5.74, 6) is 0. The molecule has 0 aromatic heterocycles. The van der Waals surface area contributed by atoms with Crippen LogP contribution in [0.4, 0.5) is 0 Å². The van der Waals surface area contributed by atoms with Gasteiger partial charge >= 0.3 is 0 Å². The van der Waals surface area contributed by atoms with Crippen molar-refractivity contribution >= 4 is 0 Å². The molecule has 0 fully saturated rings. The van der Waals surface area contributed by atoms with Crippen LogP contribution < -0.4 is 0 Å². The van der Waals surface area contributed by atoms with Gasteiger partial charge in [0, 0.05) is 25.4 Å². The molecule has 0 spiro atoms. The summed E-state index contributed by atoms with van der Waals surface area (Å²) in [5, 5.41) is 0. The maximum absolute atomic E-state index is 5.34. The highest BCUT2D eigenvalue weighted by molar-refractivity contribution is 5.04. The molecule has 0 aliphatic heterocycles. The van der Waals surface area contributed by atoms with Gasteiger partial charge in [-0.15, -0.1) is 0 Å². The summed E-state index contributed by atoms with van der Waals surface area (Å²) in [6.45, 7) is 12.7. The van der Waals surface area contributed by atoms with Gasteiger partial charge in [-0.2, -0.15) is 0 Å². The molecule has 13 heavy (non-hydrogen) atoms. The van der Waals surface area contributed by atoms with Crippen molar-refractivity contribution in [2.24, 2.45) is 0 Å². The number of methoxy groups -OCH3 is 1. The molecule has 0 aromatic rings. The molecule has 0 rings (SSSR count). The lowest BCUT2D eigenvalue weighted by molar-refractivity contribution is 0.0837. The average Bonchev–Trinajstić information content (AvgIpc) is 2.03. The molecule has 1 atom stereocenters. The van der Waals surface area contributed by atoms with Crippen molar-refractivity contribution in [3.63, 3.8) is 0 Å². The lowest BCUT2D eigenvalue weighted by atomic mass is 10.0. The van der Waals surface area contributed by atoms with Crippen LogP contribution in [-0.4, -0.2) is 30.7 Å². The molecule has 0 saturated carbocycles.